The van der Waals surface area contributed by atoms with Crippen LogP contribution in [0.3, 0.4) is 0 Å². The van der Waals surface area contributed by atoms with Crippen LogP contribution in [0.2, 0.25) is 0 Å². The largest absolute Gasteiger partial charge is 0.451 e. The highest BCUT2D eigenvalue weighted by molar-refractivity contribution is 5.62. The second-order valence-electron chi connectivity index (χ2n) is 3.66. The SMILES string of the molecule is Nc1cc(-c2cc(F)cc(F)c2)nc(C(F)(F)F)n1. The number of nitrogens with two attached hydrogens (primary N) is 1. The highest BCUT2D eigenvalue weighted by atomic mass is 19.4. The van der Waals surface area contributed by atoms with Crippen molar-refractivity contribution in [3.8, 4) is 11.3 Å². The number of benzene rings is 1. The third-order valence-electron chi connectivity index (χ3n) is 2.16. The van der Waals surface area contributed by atoms with Gasteiger partial charge in [0.15, 0.2) is 0 Å². The Kier molecular flexibility index (Phi) is 3.09. The van der Waals surface area contributed by atoms with Crippen molar-refractivity contribution in [2.24, 2.45) is 0 Å². The number of alkyl halides is 3. The lowest BCUT2D eigenvalue weighted by Crippen LogP contribution is -2.13. The van der Waals surface area contributed by atoms with Gasteiger partial charge in [0.2, 0.25) is 5.82 Å². The van der Waals surface area contributed by atoms with Gasteiger partial charge >= 0.3 is 6.18 Å². The molecule has 8 heteroatoms. The van der Waals surface area contributed by atoms with Gasteiger partial charge in [0.05, 0.1) is 5.69 Å². The number of hydrogen-bond acceptors (Lipinski definition) is 3. The molecule has 0 saturated heterocycles. The molecule has 0 unspecified atom stereocenters. The van der Waals surface area contributed by atoms with Gasteiger partial charge in [-0.1, -0.05) is 0 Å². The Morgan fingerprint density at radius 3 is 2.00 bits per heavy atom. The molecule has 19 heavy (non-hydrogen) atoms. The number of rotatable bonds is 1. The Balaban J connectivity index is 2.59. The summed E-state index contributed by atoms with van der Waals surface area (Å²) in [5.74, 6) is -3.77. The van der Waals surface area contributed by atoms with Crippen molar-refractivity contribution in [2.45, 2.75) is 6.18 Å². The van der Waals surface area contributed by atoms with Crippen molar-refractivity contribution in [1.29, 1.82) is 0 Å². The fourth-order valence-corrected chi connectivity index (χ4v) is 1.44. The standard InChI is InChI=1S/C11H6F5N3/c12-6-1-5(2-7(13)3-6)8-4-9(17)19-10(18-8)11(14,15)16/h1-4H,(H2,17,18,19). The molecule has 0 fully saturated rings. The molecule has 3 nitrogen and oxygen atoms in total. The maximum atomic E-state index is 13.0. The number of nitrogens with zero attached hydrogens (tertiary/aromatic N) is 2. The average Bonchev–Trinajstić information content (AvgIpc) is 2.25. The van der Waals surface area contributed by atoms with Crippen molar-refractivity contribution in [3.63, 3.8) is 0 Å². The molecule has 2 rings (SSSR count). The smallest absolute Gasteiger partial charge is 0.384 e. The fraction of sp³-hybridized carbons (Fsp3) is 0.0909. The van der Waals surface area contributed by atoms with Crippen LogP contribution >= 0.6 is 0 Å². The van der Waals surface area contributed by atoms with Gasteiger partial charge in [-0.2, -0.15) is 13.2 Å². The quantitative estimate of drug-likeness (QED) is 0.814. The molecular formula is C11H6F5N3. The van der Waals surface area contributed by atoms with Crippen LogP contribution in [0.15, 0.2) is 24.3 Å². The maximum Gasteiger partial charge on any atom is 0.451 e. The molecule has 100 valence electrons. The van der Waals surface area contributed by atoms with E-state index in [1.807, 2.05) is 0 Å². The molecule has 0 amide bonds. The summed E-state index contributed by atoms with van der Waals surface area (Å²) in [5, 5.41) is 0. The highest BCUT2D eigenvalue weighted by Crippen LogP contribution is 2.29. The van der Waals surface area contributed by atoms with Gasteiger partial charge in [-0.15, -0.1) is 0 Å². The molecule has 0 aliphatic heterocycles. The second-order valence-corrected chi connectivity index (χ2v) is 3.66. The van der Waals surface area contributed by atoms with Crippen LogP contribution in [-0.2, 0) is 6.18 Å². The van der Waals surface area contributed by atoms with E-state index < -0.39 is 29.5 Å². The summed E-state index contributed by atoms with van der Waals surface area (Å²) in [6, 6.07) is 3.30. The fourth-order valence-electron chi connectivity index (χ4n) is 1.44. The molecule has 0 saturated carbocycles. The lowest BCUT2D eigenvalue weighted by Gasteiger charge is -2.08. The summed E-state index contributed by atoms with van der Waals surface area (Å²) in [6.07, 6.45) is -4.80. The molecule has 0 aliphatic carbocycles. The molecule has 1 aromatic heterocycles. The Labute approximate surface area is 103 Å². The van der Waals surface area contributed by atoms with E-state index in [0.717, 1.165) is 18.2 Å². The molecule has 0 bridgehead atoms. The van der Waals surface area contributed by atoms with Gasteiger partial charge in [-0.3, -0.25) is 0 Å². The second kappa shape index (κ2) is 4.45. The normalized spacial score (nSPS) is 11.6. The van der Waals surface area contributed by atoms with Crippen LogP contribution in [0.1, 0.15) is 5.82 Å². The van der Waals surface area contributed by atoms with Gasteiger partial charge in [0.1, 0.15) is 17.5 Å². The van der Waals surface area contributed by atoms with E-state index in [1.165, 1.54) is 0 Å². The molecule has 0 spiro atoms. The topological polar surface area (TPSA) is 51.8 Å². The summed E-state index contributed by atoms with van der Waals surface area (Å²) in [5.41, 5.74) is 4.77. The van der Waals surface area contributed by atoms with Crippen LogP contribution in [-0.4, -0.2) is 9.97 Å². The minimum Gasteiger partial charge on any atom is -0.384 e. The van der Waals surface area contributed by atoms with Crippen LogP contribution < -0.4 is 5.73 Å². The van der Waals surface area contributed by atoms with E-state index in [4.69, 9.17) is 5.73 Å². The average molecular weight is 275 g/mol. The van der Waals surface area contributed by atoms with E-state index in [1.54, 1.807) is 0 Å². The molecule has 0 aliphatic rings. The first-order chi connectivity index (χ1) is 8.75. The summed E-state index contributed by atoms with van der Waals surface area (Å²) >= 11 is 0. The number of nitrogen functional groups attached to an aromatic ring is 1. The molecule has 1 heterocycles. The minimum absolute atomic E-state index is 0.155. The zero-order valence-corrected chi connectivity index (χ0v) is 9.17. The third-order valence-corrected chi connectivity index (χ3v) is 2.16. The predicted molar refractivity (Wildman–Crippen MR) is 56.8 cm³/mol. The monoisotopic (exact) mass is 275 g/mol. The zero-order chi connectivity index (χ0) is 14.2. The van der Waals surface area contributed by atoms with Crippen molar-refractivity contribution in [1.82, 2.24) is 9.97 Å². The zero-order valence-electron chi connectivity index (χ0n) is 9.17. The van der Waals surface area contributed by atoms with Crippen molar-refractivity contribution in [2.75, 3.05) is 5.73 Å². The number of aromatic nitrogens is 2. The van der Waals surface area contributed by atoms with Crippen LogP contribution in [0.5, 0.6) is 0 Å². The summed E-state index contributed by atoms with van der Waals surface area (Å²) in [6.45, 7) is 0. The van der Waals surface area contributed by atoms with E-state index in [-0.39, 0.29) is 11.3 Å². The molecule has 0 atom stereocenters. The van der Waals surface area contributed by atoms with E-state index in [9.17, 15) is 22.0 Å². The Morgan fingerprint density at radius 1 is 0.895 bits per heavy atom. The first kappa shape index (κ1) is 13.2. The van der Waals surface area contributed by atoms with Crippen LogP contribution in [0, 0.1) is 11.6 Å². The molecule has 2 aromatic rings. The highest BCUT2D eigenvalue weighted by Gasteiger charge is 2.35. The van der Waals surface area contributed by atoms with Gasteiger partial charge in [-0.05, 0) is 12.1 Å². The Bertz CT molecular complexity index is 604. The first-order valence-corrected chi connectivity index (χ1v) is 4.94. The van der Waals surface area contributed by atoms with Gasteiger partial charge in [0, 0.05) is 17.7 Å². The summed E-state index contributed by atoms with van der Waals surface area (Å²) in [4.78, 5) is 6.24. The van der Waals surface area contributed by atoms with E-state index in [2.05, 4.69) is 9.97 Å². The first-order valence-electron chi connectivity index (χ1n) is 4.94. The van der Waals surface area contributed by atoms with Gasteiger partial charge in [0.25, 0.3) is 0 Å². The Morgan fingerprint density at radius 2 is 1.47 bits per heavy atom. The molecule has 0 radical (unpaired) electrons. The Hall–Kier alpha value is -2.25. The molecular weight excluding hydrogens is 269 g/mol. The van der Waals surface area contributed by atoms with Crippen LogP contribution in [0.25, 0.3) is 11.3 Å². The van der Waals surface area contributed by atoms with Gasteiger partial charge in [-0.25, -0.2) is 18.7 Å². The van der Waals surface area contributed by atoms with Gasteiger partial charge < -0.3 is 5.73 Å². The van der Waals surface area contributed by atoms with Crippen LogP contribution in [0.4, 0.5) is 27.8 Å². The maximum absolute atomic E-state index is 13.0. The molecule has 2 N–H and O–H groups in total. The minimum atomic E-state index is -4.80. The number of halogens is 5. The third kappa shape index (κ3) is 2.95. The lowest BCUT2D eigenvalue weighted by molar-refractivity contribution is -0.144. The summed E-state index contributed by atoms with van der Waals surface area (Å²) in [7, 11) is 0. The van der Waals surface area contributed by atoms with Crippen molar-refractivity contribution < 1.29 is 22.0 Å². The summed E-state index contributed by atoms with van der Waals surface area (Å²) < 4.78 is 63.5. The van der Waals surface area contributed by atoms with Crippen molar-refractivity contribution in [3.05, 3.63) is 41.7 Å². The molecule has 1 aromatic carbocycles. The predicted octanol–water partition coefficient (Wildman–Crippen LogP) is 3.02. The van der Waals surface area contributed by atoms with E-state index >= 15 is 0 Å². The number of anilines is 1. The van der Waals surface area contributed by atoms with Crippen molar-refractivity contribution >= 4 is 5.82 Å². The van der Waals surface area contributed by atoms with E-state index in [0.29, 0.717) is 6.07 Å². The lowest BCUT2D eigenvalue weighted by atomic mass is 10.1. The number of hydrogen-bond donors (Lipinski definition) is 1.